The lowest BCUT2D eigenvalue weighted by Crippen LogP contribution is -2.41. The van der Waals surface area contributed by atoms with E-state index in [0.29, 0.717) is 5.96 Å². The Bertz CT molecular complexity index is 586. The highest BCUT2D eigenvalue weighted by Gasteiger charge is 2.13. The first-order chi connectivity index (χ1) is 11.7. The Balaban J connectivity index is 1.63. The number of rotatable bonds is 2. The van der Waals surface area contributed by atoms with Crippen molar-refractivity contribution in [3.63, 3.8) is 0 Å². The van der Waals surface area contributed by atoms with Crippen LogP contribution in [0.25, 0.3) is 0 Å². The van der Waals surface area contributed by atoms with Gasteiger partial charge in [-0.1, -0.05) is 0 Å². The molecule has 4 N–H and O–H groups in total. The molecule has 2 fully saturated rings. The Labute approximate surface area is 143 Å². The third kappa shape index (κ3) is 4.38. The maximum atomic E-state index is 6.02. The molecular formula is C17H26N6O. The van der Waals surface area contributed by atoms with E-state index in [1.165, 1.54) is 12.1 Å². The van der Waals surface area contributed by atoms with Gasteiger partial charge in [-0.05, 0) is 43.5 Å². The molecule has 0 saturated carbocycles. The third-order valence-electron chi connectivity index (χ3n) is 4.38. The van der Waals surface area contributed by atoms with Crippen molar-refractivity contribution in [1.29, 1.82) is 0 Å². The van der Waals surface area contributed by atoms with Gasteiger partial charge in [-0.25, -0.2) is 4.99 Å². The zero-order valence-corrected chi connectivity index (χ0v) is 14.0. The molecule has 1 aromatic rings. The molecule has 24 heavy (non-hydrogen) atoms. The molecule has 3 rings (SSSR count). The van der Waals surface area contributed by atoms with Gasteiger partial charge < -0.3 is 26.0 Å². The van der Waals surface area contributed by atoms with Crippen LogP contribution in [0.5, 0.6) is 0 Å². The van der Waals surface area contributed by atoms with E-state index < -0.39 is 0 Å². The highest BCUT2D eigenvalue weighted by atomic mass is 16.5. The maximum absolute atomic E-state index is 6.02. The standard InChI is InChI=1S/C17H26N6O/c18-16(21-17(19)23-8-2-1-3-9-23)20-14-4-6-15(7-5-14)22-10-12-24-13-11-22/h4-7H,1-3,8-13H2,(H4,18,19,20,21). The summed E-state index contributed by atoms with van der Waals surface area (Å²) in [5.74, 6) is 0.651. The van der Waals surface area contributed by atoms with Crippen LogP contribution >= 0.6 is 0 Å². The SMILES string of the molecule is NC(=Nc1ccc(N2CCOCC2)cc1)N=C(N)N1CCCCC1. The van der Waals surface area contributed by atoms with Crippen LogP contribution in [0, 0.1) is 0 Å². The van der Waals surface area contributed by atoms with Crippen molar-refractivity contribution in [2.75, 3.05) is 44.3 Å². The number of hydrogen-bond acceptors (Lipinski definition) is 3. The van der Waals surface area contributed by atoms with Crippen LogP contribution in [-0.4, -0.2) is 56.2 Å². The molecule has 2 aliphatic heterocycles. The zero-order valence-electron chi connectivity index (χ0n) is 14.0. The van der Waals surface area contributed by atoms with Gasteiger partial charge in [0.2, 0.25) is 5.96 Å². The van der Waals surface area contributed by atoms with E-state index in [4.69, 9.17) is 16.2 Å². The zero-order chi connectivity index (χ0) is 16.8. The molecule has 0 bridgehead atoms. The van der Waals surface area contributed by atoms with Crippen LogP contribution in [-0.2, 0) is 4.74 Å². The average Bonchev–Trinajstić information content (AvgIpc) is 2.64. The molecule has 7 heteroatoms. The normalized spacial score (nSPS) is 20.3. The van der Waals surface area contributed by atoms with Crippen molar-refractivity contribution in [2.45, 2.75) is 19.3 Å². The van der Waals surface area contributed by atoms with E-state index in [-0.39, 0.29) is 5.96 Å². The van der Waals surface area contributed by atoms with Crippen LogP contribution in [0.3, 0.4) is 0 Å². The molecule has 7 nitrogen and oxygen atoms in total. The molecule has 0 spiro atoms. The van der Waals surface area contributed by atoms with Crippen molar-refractivity contribution in [3.05, 3.63) is 24.3 Å². The van der Waals surface area contributed by atoms with Crippen LogP contribution in [0.1, 0.15) is 19.3 Å². The lowest BCUT2D eigenvalue weighted by Gasteiger charge is -2.28. The summed E-state index contributed by atoms with van der Waals surface area (Å²) >= 11 is 0. The largest absolute Gasteiger partial charge is 0.378 e. The first-order valence-corrected chi connectivity index (χ1v) is 8.58. The quantitative estimate of drug-likeness (QED) is 0.629. The highest BCUT2D eigenvalue weighted by molar-refractivity contribution is 5.94. The second-order valence-corrected chi connectivity index (χ2v) is 6.10. The van der Waals surface area contributed by atoms with Crippen molar-refractivity contribution in [1.82, 2.24) is 4.90 Å². The molecule has 0 radical (unpaired) electrons. The summed E-state index contributed by atoms with van der Waals surface area (Å²) in [6, 6.07) is 8.00. The van der Waals surface area contributed by atoms with Gasteiger partial charge in [-0.3, -0.25) is 0 Å². The summed E-state index contributed by atoms with van der Waals surface area (Å²) in [6.45, 7) is 5.27. The summed E-state index contributed by atoms with van der Waals surface area (Å²) < 4.78 is 5.37. The van der Waals surface area contributed by atoms with Gasteiger partial charge in [-0.2, -0.15) is 4.99 Å². The van der Waals surface area contributed by atoms with Gasteiger partial charge in [0.25, 0.3) is 0 Å². The summed E-state index contributed by atoms with van der Waals surface area (Å²) in [5.41, 5.74) is 13.9. The minimum atomic E-state index is 0.192. The number of likely N-dealkylation sites (tertiary alicyclic amines) is 1. The van der Waals surface area contributed by atoms with E-state index in [9.17, 15) is 0 Å². The van der Waals surface area contributed by atoms with Gasteiger partial charge in [-0.15, -0.1) is 0 Å². The maximum Gasteiger partial charge on any atom is 0.223 e. The molecular weight excluding hydrogens is 304 g/mol. The Hall–Kier alpha value is -2.28. The van der Waals surface area contributed by atoms with Crippen LogP contribution in [0.2, 0.25) is 0 Å². The van der Waals surface area contributed by atoms with E-state index in [0.717, 1.165) is 57.9 Å². The average molecular weight is 330 g/mol. The number of aliphatic imine (C=N–C) groups is 2. The number of ether oxygens (including phenoxy) is 1. The summed E-state index contributed by atoms with van der Waals surface area (Å²) in [4.78, 5) is 12.9. The number of nitrogens with zero attached hydrogens (tertiary/aromatic N) is 4. The smallest absolute Gasteiger partial charge is 0.223 e. The summed E-state index contributed by atoms with van der Waals surface area (Å²) in [6.07, 6.45) is 3.55. The van der Waals surface area contributed by atoms with E-state index in [1.807, 2.05) is 12.1 Å². The third-order valence-corrected chi connectivity index (χ3v) is 4.38. The predicted molar refractivity (Wildman–Crippen MR) is 97.8 cm³/mol. The molecule has 2 aliphatic rings. The lowest BCUT2D eigenvalue weighted by atomic mass is 10.1. The molecule has 0 atom stereocenters. The number of morpholine rings is 1. The van der Waals surface area contributed by atoms with E-state index in [2.05, 4.69) is 31.9 Å². The topological polar surface area (TPSA) is 92.5 Å². The molecule has 130 valence electrons. The molecule has 0 unspecified atom stereocenters. The summed E-state index contributed by atoms with van der Waals surface area (Å²) in [7, 11) is 0. The second-order valence-electron chi connectivity index (χ2n) is 6.10. The van der Waals surface area contributed by atoms with Crippen molar-refractivity contribution in [3.8, 4) is 0 Å². The monoisotopic (exact) mass is 330 g/mol. The van der Waals surface area contributed by atoms with Crippen molar-refractivity contribution >= 4 is 23.3 Å². The summed E-state index contributed by atoms with van der Waals surface area (Å²) in [5, 5.41) is 0. The Kier molecular flexibility index (Phi) is 5.53. The van der Waals surface area contributed by atoms with Crippen molar-refractivity contribution in [2.24, 2.45) is 21.5 Å². The fourth-order valence-electron chi connectivity index (χ4n) is 3.03. The van der Waals surface area contributed by atoms with Crippen LogP contribution in [0.15, 0.2) is 34.3 Å². The van der Waals surface area contributed by atoms with Crippen LogP contribution < -0.4 is 16.4 Å². The van der Waals surface area contributed by atoms with Gasteiger partial charge in [0.15, 0.2) is 5.96 Å². The fourth-order valence-corrected chi connectivity index (χ4v) is 3.03. The van der Waals surface area contributed by atoms with E-state index in [1.54, 1.807) is 0 Å². The van der Waals surface area contributed by atoms with Gasteiger partial charge in [0, 0.05) is 31.9 Å². The first-order valence-electron chi connectivity index (χ1n) is 8.58. The number of piperidine rings is 1. The second kappa shape index (κ2) is 8.01. The first kappa shape index (κ1) is 16.6. The van der Waals surface area contributed by atoms with Gasteiger partial charge in [0.1, 0.15) is 0 Å². The fraction of sp³-hybridized carbons (Fsp3) is 0.529. The number of benzene rings is 1. The predicted octanol–water partition coefficient (Wildman–Crippen LogP) is 1.27. The Morgan fingerprint density at radius 1 is 0.917 bits per heavy atom. The lowest BCUT2D eigenvalue weighted by molar-refractivity contribution is 0.122. The molecule has 0 aliphatic carbocycles. The Morgan fingerprint density at radius 2 is 1.58 bits per heavy atom. The molecule has 1 aromatic carbocycles. The number of nitrogens with two attached hydrogens (primary N) is 2. The van der Waals surface area contributed by atoms with Crippen LogP contribution in [0.4, 0.5) is 11.4 Å². The molecule has 0 aromatic heterocycles. The molecule has 0 amide bonds. The minimum absolute atomic E-state index is 0.192. The molecule has 2 heterocycles. The molecule has 2 saturated heterocycles. The number of hydrogen-bond donors (Lipinski definition) is 2. The van der Waals surface area contributed by atoms with E-state index >= 15 is 0 Å². The van der Waals surface area contributed by atoms with Crippen molar-refractivity contribution < 1.29 is 4.74 Å². The number of anilines is 1. The van der Waals surface area contributed by atoms with Gasteiger partial charge in [0.05, 0.1) is 18.9 Å². The number of guanidine groups is 2. The highest BCUT2D eigenvalue weighted by Crippen LogP contribution is 2.20. The Morgan fingerprint density at radius 3 is 2.25 bits per heavy atom. The van der Waals surface area contributed by atoms with Gasteiger partial charge >= 0.3 is 0 Å². The minimum Gasteiger partial charge on any atom is -0.378 e.